The standard InChI is InChI=1S/C17H20N6O2/c1-3-16(24)23-8-11(9-23)6-19-14-4-12(7-20-17(14)25)13-5-15(18-2)22-10-21-13/h3-5,7,10-11,19H,1,6,8-9H2,2H3,(H,20,25)(H,18,21,22). The quantitative estimate of drug-likeness (QED) is 0.676. The maximum Gasteiger partial charge on any atom is 0.271 e. The van der Waals surface area contributed by atoms with Gasteiger partial charge in [0, 0.05) is 50.4 Å². The summed E-state index contributed by atoms with van der Waals surface area (Å²) in [5.41, 5.74) is 1.80. The third-order valence-corrected chi connectivity index (χ3v) is 4.15. The fourth-order valence-electron chi connectivity index (χ4n) is 2.68. The van der Waals surface area contributed by atoms with E-state index in [9.17, 15) is 9.59 Å². The van der Waals surface area contributed by atoms with E-state index in [4.69, 9.17) is 0 Å². The van der Waals surface area contributed by atoms with Gasteiger partial charge in [0.25, 0.3) is 5.56 Å². The van der Waals surface area contributed by atoms with Crippen molar-refractivity contribution in [1.82, 2.24) is 19.9 Å². The minimum absolute atomic E-state index is 0.0554. The van der Waals surface area contributed by atoms with Crippen molar-refractivity contribution in [2.24, 2.45) is 5.92 Å². The number of likely N-dealkylation sites (tertiary alicyclic amines) is 1. The van der Waals surface area contributed by atoms with E-state index >= 15 is 0 Å². The maximum atomic E-state index is 12.0. The van der Waals surface area contributed by atoms with Crippen LogP contribution in [0.15, 0.2) is 42.1 Å². The second-order valence-corrected chi connectivity index (χ2v) is 5.86. The van der Waals surface area contributed by atoms with Gasteiger partial charge in [-0.05, 0) is 12.1 Å². The molecule has 0 unspecified atom stereocenters. The van der Waals surface area contributed by atoms with Gasteiger partial charge in [0.2, 0.25) is 5.91 Å². The molecule has 0 bridgehead atoms. The lowest BCUT2D eigenvalue weighted by molar-refractivity contribution is -0.131. The predicted octanol–water partition coefficient (Wildman–Crippen LogP) is 0.930. The smallest absolute Gasteiger partial charge is 0.271 e. The summed E-state index contributed by atoms with van der Waals surface area (Å²) < 4.78 is 0. The van der Waals surface area contributed by atoms with Crippen LogP contribution in [0.1, 0.15) is 0 Å². The Hall–Kier alpha value is -3.16. The van der Waals surface area contributed by atoms with E-state index in [0.717, 1.165) is 5.56 Å². The zero-order valence-electron chi connectivity index (χ0n) is 14.0. The lowest BCUT2D eigenvalue weighted by Crippen LogP contribution is -2.51. The Balaban J connectivity index is 1.67. The zero-order valence-corrected chi connectivity index (χ0v) is 14.0. The Kier molecular flexibility index (Phi) is 4.78. The summed E-state index contributed by atoms with van der Waals surface area (Å²) in [5, 5.41) is 6.12. The molecule has 0 atom stereocenters. The van der Waals surface area contributed by atoms with Crippen LogP contribution in [0.4, 0.5) is 11.5 Å². The highest BCUT2D eigenvalue weighted by Crippen LogP contribution is 2.20. The van der Waals surface area contributed by atoms with Crippen LogP contribution in [0.2, 0.25) is 0 Å². The number of nitrogens with one attached hydrogen (secondary N) is 3. The Morgan fingerprint density at radius 1 is 1.44 bits per heavy atom. The van der Waals surface area contributed by atoms with Gasteiger partial charge in [-0.3, -0.25) is 9.59 Å². The molecular weight excluding hydrogens is 320 g/mol. The van der Waals surface area contributed by atoms with Crippen LogP contribution in [0, 0.1) is 5.92 Å². The Morgan fingerprint density at radius 3 is 2.96 bits per heavy atom. The number of aromatic nitrogens is 3. The molecular formula is C17H20N6O2. The first-order chi connectivity index (χ1) is 12.1. The lowest BCUT2D eigenvalue weighted by Gasteiger charge is -2.38. The summed E-state index contributed by atoms with van der Waals surface area (Å²) in [6.07, 6.45) is 4.42. The van der Waals surface area contributed by atoms with Crippen LogP contribution in [-0.2, 0) is 4.79 Å². The third kappa shape index (κ3) is 3.68. The van der Waals surface area contributed by atoms with Crippen molar-refractivity contribution in [2.75, 3.05) is 37.3 Å². The minimum Gasteiger partial charge on any atom is -0.380 e. The Bertz CT molecular complexity index is 841. The van der Waals surface area contributed by atoms with Gasteiger partial charge in [-0.15, -0.1) is 0 Å². The summed E-state index contributed by atoms with van der Waals surface area (Å²) in [6, 6.07) is 3.58. The summed E-state index contributed by atoms with van der Waals surface area (Å²) in [6.45, 7) is 5.45. The second kappa shape index (κ2) is 7.16. The number of rotatable bonds is 6. The molecule has 0 aromatic carbocycles. The second-order valence-electron chi connectivity index (χ2n) is 5.86. The van der Waals surface area contributed by atoms with Crippen LogP contribution in [0.25, 0.3) is 11.3 Å². The molecule has 2 aromatic heterocycles. The third-order valence-electron chi connectivity index (χ3n) is 4.15. The molecule has 2 aromatic rings. The van der Waals surface area contributed by atoms with E-state index in [1.165, 1.54) is 12.4 Å². The molecule has 0 spiro atoms. The summed E-state index contributed by atoms with van der Waals surface area (Å²) in [7, 11) is 1.78. The topological polar surface area (TPSA) is 103 Å². The van der Waals surface area contributed by atoms with Gasteiger partial charge in [0.15, 0.2) is 0 Å². The number of aromatic amines is 1. The molecule has 8 heteroatoms. The number of pyridine rings is 1. The number of hydrogen-bond acceptors (Lipinski definition) is 6. The van der Waals surface area contributed by atoms with Crippen molar-refractivity contribution < 1.29 is 4.79 Å². The van der Waals surface area contributed by atoms with Gasteiger partial charge in [-0.1, -0.05) is 6.58 Å². The van der Waals surface area contributed by atoms with Gasteiger partial charge in [0.1, 0.15) is 17.8 Å². The maximum absolute atomic E-state index is 12.0. The molecule has 3 rings (SSSR count). The number of H-pyrrole nitrogens is 1. The van der Waals surface area contributed by atoms with Crippen LogP contribution in [0.5, 0.6) is 0 Å². The SMILES string of the molecule is C=CC(=O)N1CC(CNc2cc(-c3cc(NC)ncn3)c[nH]c2=O)C1. The van der Waals surface area contributed by atoms with E-state index in [0.29, 0.717) is 42.8 Å². The lowest BCUT2D eigenvalue weighted by atomic mass is 10.00. The number of carbonyl (C=O) groups excluding carboxylic acids is 1. The summed E-state index contributed by atoms with van der Waals surface area (Å²) >= 11 is 0. The van der Waals surface area contributed by atoms with Crippen LogP contribution < -0.4 is 16.2 Å². The van der Waals surface area contributed by atoms with Crippen LogP contribution >= 0.6 is 0 Å². The molecule has 0 aliphatic carbocycles. The van der Waals surface area contributed by atoms with E-state index in [1.54, 1.807) is 24.2 Å². The largest absolute Gasteiger partial charge is 0.380 e. The van der Waals surface area contributed by atoms with Crippen LogP contribution in [-0.4, -0.2) is 52.4 Å². The van der Waals surface area contributed by atoms with E-state index in [-0.39, 0.29) is 11.5 Å². The molecule has 1 saturated heterocycles. The molecule has 1 aliphatic heterocycles. The fraction of sp³-hybridized carbons (Fsp3) is 0.294. The molecule has 8 nitrogen and oxygen atoms in total. The van der Waals surface area contributed by atoms with Gasteiger partial charge in [-0.25, -0.2) is 9.97 Å². The zero-order chi connectivity index (χ0) is 17.8. The molecule has 0 radical (unpaired) electrons. The molecule has 25 heavy (non-hydrogen) atoms. The van der Waals surface area contributed by atoms with Crippen molar-refractivity contribution in [3.8, 4) is 11.3 Å². The first-order valence-electron chi connectivity index (χ1n) is 7.99. The molecule has 1 amide bonds. The monoisotopic (exact) mass is 340 g/mol. The molecule has 1 fully saturated rings. The number of hydrogen-bond donors (Lipinski definition) is 3. The molecule has 130 valence electrons. The highest BCUT2D eigenvalue weighted by molar-refractivity contribution is 5.87. The predicted molar refractivity (Wildman–Crippen MR) is 96.4 cm³/mol. The van der Waals surface area contributed by atoms with Gasteiger partial charge < -0.3 is 20.5 Å². The van der Waals surface area contributed by atoms with Crippen molar-refractivity contribution in [2.45, 2.75) is 0 Å². The fourth-order valence-corrected chi connectivity index (χ4v) is 2.68. The van der Waals surface area contributed by atoms with E-state index in [1.807, 2.05) is 6.07 Å². The van der Waals surface area contributed by atoms with Gasteiger partial charge in [0.05, 0.1) is 5.69 Å². The average Bonchev–Trinajstić information content (AvgIpc) is 2.61. The molecule has 3 heterocycles. The van der Waals surface area contributed by atoms with Crippen molar-refractivity contribution in [3.63, 3.8) is 0 Å². The molecule has 3 N–H and O–H groups in total. The van der Waals surface area contributed by atoms with E-state index in [2.05, 4.69) is 32.2 Å². The highest BCUT2D eigenvalue weighted by Gasteiger charge is 2.28. The van der Waals surface area contributed by atoms with Crippen molar-refractivity contribution >= 4 is 17.4 Å². The number of carbonyl (C=O) groups is 1. The normalized spacial score (nSPS) is 13.9. The van der Waals surface area contributed by atoms with Crippen molar-refractivity contribution in [3.05, 3.63) is 47.7 Å². The number of amides is 1. The van der Waals surface area contributed by atoms with Crippen molar-refractivity contribution in [1.29, 1.82) is 0 Å². The minimum atomic E-state index is -0.190. The number of anilines is 2. The highest BCUT2D eigenvalue weighted by atomic mass is 16.2. The van der Waals surface area contributed by atoms with Crippen LogP contribution in [0.3, 0.4) is 0 Å². The Morgan fingerprint density at radius 2 is 2.24 bits per heavy atom. The summed E-state index contributed by atoms with van der Waals surface area (Å²) in [4.78, 5) is 36.2. The van der Waals surface area contributed by atoms with Gasteiger partial charge in [-0.2, -0.15) is 0 Å². The summed E-state index contributed by atoms with van der Waals surface area (Å²) in [5.74, 6) is 0.967. The number of nitrogens with zero attached hydrogens (tertiary/aromatic N) is 3. The first kappa shape index (κ1) is 16.7. The van der Waals surface area contributed by atoms with Gasteiger partial charge >= 0.3 is 0 Å². The Labute approximate surface area is 145 Å². The molecule has 1 aliphatic rings. The average molecular weight is 340 g/mol. The molecule has 0 saturated carbocycles. The first-order valence-corrected chi connectivity index (χ1v) is 7.99. The van der Waals surface area contributed by atoms with E-state index < -0.39 is 0 Å².